The van der Waals surface area contributed by atoms with Gasteiger partial charge in [0.05, 0.1) is 23.8 Å². The maximum Gasteiger partial charge on any atom is 0.471 e. The third-order valence-electron chi connectivity index (χ3n) is 10.2. The smallest absolute Gasteiger partial charge is 0.471 e. The molecule has 56 heavy (non-hydrogen) atoms. The first-order valence-electron chi connectivity index (χ1n) is 17.5. The van der Waals surface area contributed by atoms with E-state index in [0.717, 1.165) is 26.8 Å². The number of fused-ring (bicyclic) bond motifs is 3. The van der Waals surface area contributed by atoms with E-state index in [-0.39, 0.29) is 41.1 Å². The van der Waals surface area contributed by atoms with Crippen molar-refractivity contribution in [3.05, 3.63) is 129 Å². The molecule has 1 unspecified atom stereocenters. The van der Waals surface area contributed by atoms with Gasteiger partial charge in [-0.1, -0.05) is 71.1 Å². The molecular weight excluding hydrogens is 846 g/mol. The Hall–Kier alpha value is -5.85. The Morgan fingerprint density at radius 3 is 2.43 bits per heavy atom. The number of anilines is 1. The van der Waals surface area contributed by atoms with Gasteiger partial charge in [-0.3, -0.25) is 19.2 Å². The van der Waals surface area contributed by atoms with Crippen molar-refractivity contribution >= 4 is 63.5 Å². The van der Waals surface area contributed by atoms with Crippen LogP contribution in [-0.4, -0.2) is 73.5 Å². The van der Waals surface area contributed by atoms with Crippen LogP contribution in [0, 0.1) is 6.92 Å². The Balaban J connectivity index is 1.23. The molecule has 0 bridgehead atoms. The fourth-order valence-electron chi connectivity index (χ4n) is 7.40. The molecule has 4 N–H and O–H groups in total. The number of carbonyl (C=O) groups excluding carboxylic acids is 4. The number of para-hydroxylation sites is 1. The molecule has 4 amide bonds. The molecule has 7 rings (SSSR count). The van der Waals surface area contributed by atoms with Crippen LogP contribution in [0.5, 0.6) is 0 Å². The Morgan fingerprint density at radius 2 is 1.68 bits per heavy atom. The van der Waals surface area contributed by atoms with Crippen molar-refractivity contribution in [3.63, 3.8) is 0 Å². The lowest BCUT2D eigenvalue weighted by molar-refractivity contribution is -0.188. The predicted octanol–water partition coefficient (Wildman–Crippen LogP) is 5.76. The number of alkyl halides is 4. The molecule has 3 heterocycles. The van der Waals surface area contributed by atoms with Gasteiger partial charge >= 0.3 is 18.1 Å². The van der Waals surface area contributed by atoms with E-state index in [1.807, 2.05) is 12.1 Å². The summed E-state index contributed by atoms with van der Waals surface area (Å²) in [5, 5.41) is 22.3. The van der Waals surface area contributed by atoms with Crippen LogP contribution in [0.3, 0.4) is 0 Å². The van der Waals surface area contributed by atoms with Gasteiger partial charge < -0.3 is 26.0 Å². The van der Waals surface area contributed by atoms with Gasteiger partial charge in [0.1, 0.15) is 17.0 Å². The van der Waals surface area contributed by atoms with Crippen molar-refractivity contribution in [1.29, 1.82) is 0 Å². The molecule has 2 aliphatic rings. The third-order valence-corrected chi connectivity index (χ3v) is 11.0. The highest BCUT2D eigenvalue weighted by Crippen LogP contribution is 2.36. The summed E-state index contributed by atoms with van der Waals surface area (Å²) in [5.74, 6) is -5.28. The minimum atomic E-state index is -5.14. The number of carboxylic acid groups (broad SMARTS) is 1. The summed E-state index contributed by atoms with van der Waals surface area (Å²) < 4.78 is 42.7. The number of nitrogens with zero attached hydrogens (tertiary/aromatic N) is 4. The molecule has 0 spiro atoms. The summed E-state index contributed by atoms with van der Waals surface area (Å²) in [6.45, 7) is 1.08. The minimum absolute atomic E-state index is 0.0665. The number of benzene rings is 3. The number of aromatic carboxylic acids is 1. The number of carbonyl (C=O) groups is 5. The number of nitrogens with one attached hydrogen (secondary N) is 3. The molecule has 3 aromatic carbocycles. The van der Waals surface area contributed by atoms with E-state index in [4.69, 9.17) is 0 Å². The molecular formula is C39H33F3IN7O6. The van der Waals surface area contributed by atoms with E-state index < -0.39 is 54.4 Å². The maximum atomic E-state index is 14.1. The molecule has 5 aromatic rings. The highest BCUT2D eigenvalue weighted by atomic mass is 127. The van der Waals surface area contributed by atoms with Crippen LogP contribution < -0.4 is 16.0 Å². The average Bonchev–Trinajstić information content (AvgIpc) is 3.80. The van der Waals surface area contributed by atoms with Gasteiger partial charge in [0.2, 0.25) is 0 Å². The highest BCUT2D eigenvalue weighted by Gasteiger charge is 2.46. The maximum absolute atomic E-state index is 14.1. The zero-order chi connectivity index (χ0) is 39.9. The lowest BCUT2D eigenvalue weighted by atomic mass is 9.92. The number of hydrogen-bond acceptors (Lipinski definition) is 7. The first-order chi connectivity index (χ1) is 26.8. The Kier molecular flexibility index (Phi) is 10.5. The summed E-state index contributed by atoms with van der Waals surface area (Å²) in [6, 6.07) is 16.5. The largest absolute Gasteiger partial charge is 0.478 e. The van der Waals surface area contributed by atoms with Crippen molar-refractivity contribution in [3.8, 4) is 0 Å². The van der Waals surface area contributed by atoms with Gasteiger partial charge in [-0.2, -0.15) is 18.3 Å². The monoisotopic (exact) mass is 879 g/mol. The van der Waals surface area contributed by atoms with Crippen LogP contribution in [0.2, 0.25) is 0 Å². The first-order valence-corrected chi connectivity index (χ1v) is 19.0. The van der Waals surface area contributed by atoms with Gasteiger partial charge in [-0.15, -0.1) is 0 Å². The standard InChI is InChI=1S/C39H33F3IN7O6/c1-20-23-12-13-29(26(23)11-10-24(20)37(54)55)48-36(53)31-16-30(46-33-27(18-45-50(31)33)34(51)47-28-9-5-3-7-22(28)17-43)35(52)44-19-32-25-8-4-2-6-21(25)14-15-49(32)38(56)39(40,41)42/h2-11,16,18,29,32H,12-15,17,19H2,1H3,(H,44,52)(H,47,51)(H,48,53)(H,54,55)/t29-,32?/m0/s1. The van der Waals surface area contributed by atoms with E-state index in [1.54, 1.807) is 49.4 Å². The Morgan fingerprint density at radius 1 is 0.929 bits per heavy atom. The van der Waals surface area contributed by atoms with E-state index in [9.17, 15) is 42.3 Å². The van der Waals surface area contributed by atoms with Gasteiger partial charge in [0.15, 0.2) is 5.65 Å². The molecule has 0 saturated heterocycles. The van der Waals surface area contributed by atoms with Crippen LogP contribution in [0.15, 0.2) is 72.9 Å². The summed E-state index contributed by atoms with van der Waals surface area (Å²) in [4.78, 5) is 71.0. The predicted molar refractivity (Wildman–Crippen MR) is 205 cm³/mol. The van der Waals surface area contributed by atoms with Gasteiger partial charge in [0, 0.05) is 29.3 Å². The second kappa shape index (κ2) is 15.4. The zero-order valence-electron chi connectivity index (χ0n) is 29.6. The lowest BCUT2D eigenvalue weighted by Gasteiger charge is -2.37. The first kappa shape index (κ1) is 38.4. The Labute approximate surface area is 330 Å². The zero-order valence-corrected chi connectivity index (χ0v) is 31.8. The quantitative estimate of drug-likeness (QED) is 0.107. The van der Waals surface area contributed by atoms with Crippen LogP contribution in [0.25, 0.3) is 5.65 Å². The SMILES string of the molecule is Cc1c(C(=O)O)ccc2c1CC[C@@H]2NC(=O)c1cc(C(=O)NCC2c3ccccc3CCN2C(=O)C(F)(F)F)nc2c(C(=O)Nc3ccccc3CI)cnn12. The number of halogens is 4. The topological polar surface area (TPSA) is 175 Å². The molecule has 0 saturated carbocycles. The van der Waals surface area contributed by atoms with Gasteiger partial charge in [-0.05, 0) is 71.7 Å². The van der Waals surface area contributed by atoms with Crippen molar-refractivity contribution in [2.75, 3.05) is 18.4 Å². The van der Waals surface area contributed by atoms with E-state index in [1.165, 1.54) is 18.3 Å². The van der Waals surface area contributed by atoms with Crippen molar-refractivity contribution < 1.29 is 42.3 Å². The molecule has 1 aliphatic carbocycles. The van der Waals surface area contributed by atoms with E-state index in [0.29, 0.717) is 39.0 Å². The fourth-order valence-corrected chi connectivity index (χ4v) is 8.07. The van der Waals surface area contributed by atoms with E-state index >= 15 is 0 Å². The molecule has 2 aromatic heterocycles. The van der Waals surface area contributed by atoms with Crippen LogP contribution in [0.1, 0.15) is 93.6 Å². The molecule has 13 nitrogen and oxygen atoms in total. The summed E-state index contributed by atoms with van der Waals surface area (Å²) in [5.41, 5.74) is 4.15. The van der Waals surface area contributed by atoms with Crippen molar-refractivity contribution in [2.24, 2.45) is 0 Å². The van der Waals surface area contributed by atoms with Crippen molar-refractivity contribution in [2.45, 2.75) is 48.9 Å². The van der Waals surface area contributed by atoms with Crippen LogP contribution in [0.4, 0.5) is 18.9 Å². The molecule has 288 valence electrons. The second-order valence-electron chi connectivity index (χ2n) is 13.4. The van der Waals surface area contributed by atoms with Crippen molar-refractivity contribution in [1.82, 2.24) is 30.1 Å². The van der Waals surface area contributed by atoms with Gasteiger partial charge in [0.25, 0.3) is 17.7 Å². The van der Waals surface area contributed by atoms with Gasteiger partial charge in [-0.25, -0.2) is 14.3 Å². The summed E-state index contributed by atoms with van der Waals surface area (Å²) in [6.07, 6.45) is -2.76. The minimum Gasteiger partial charge on any atom is -0.478 e. The summed E-state index contributed by atoms with van der Waals surface area (Å²) in [7, 11) is 0. The number of hydrogen-bond donors (Lipinski definition) is 4. The number of rotatable bonds is 9. The van der Waals surface area contributed by atoms with E-state index in [2.05, 4.69) is 48.6 Å². The average molecular weight is 880 g/mol. The molecule has 1 aliphatic heterocycles. The fraction of sp³-hybridized carbons (Fsp3) is 0.256. The Bertz CT molecular complexity index is 2430. The number of aromatic nitrogens is 3. The number of amides is 4. The molecule has 0 fully saturated rings. The molecule has 0 radical (unpaired) electrons. The van der Waals surface area contributed by atoms with Crippen LogP contribution >= 0.6 is 22.6 Å². The molecule has 17 heteroatoms. The highest BCUT2D eigenvalue weighted by molar-refractivity contribution is 14.1. The number of carboxylic acids is 1. The normalized spacial score (nSPS) is 16.2. The second-order valence-corrected chi connectivity index (χ2v) is 14.2. The summed E-state index contributed by atoms with van der Waals surface area (Å²) >= 11 is 2.16. The van der Waals surface area contributed by atoms with Crippen LogP contribution in [-0.2, 0) is 22.1 Å². The molecule has 2 atom stereocenters. The lowest BCUT2D eigenvalue weighted by Crippen LogP contribution is -2.49. The third kappa shape index (κ3) is 7.29.